The minimum atomic E-state index is -4.54. The number of aliphatic hydroxyl groups excluding tert-OH is 1. The molecular weight excluding hydrogens is 302 g/mol. The molecule has 1 rings (SSSR count). The number of hydrogen-bond acceptors (Lipinski definition) is 2. The summed E-state index contributed by atoms with van der Waals surface area (Å²) in [5.74, 6) is 0. The summed E-state index contributed by atoms with van der Waals surface area (Å²) in [5, 5.41) is 9.69. The van der Waals surface area contributed by atoms with Gasteiger partial charge in [-0.05, 0) is 24.1 Å². The molecule has 0 saturated carbocycles. The summed E-state index contributed by atoms with van der Waals surface area (Å²) in [5.41, 5.74) is 4.66. The number of hydrogen-bond donors (Lipinski definition) is 2. The third kappa shape index (κ3) is 4.84. The number of nitrogens with two attached hydrogens (primary N) is 1. The molecule has 0 aliphatic rings. The van der Waals surface area contributed by atoms with Crippen molar-refractivity contribution in [2.45, 2.75) is 38.1 Å². The van der Waals surface area contributed by atoms with E-state index in [9.17, 15) is 18.3 Å². The molecule has 2 nitrogen and oxygen atoms in total. The number of benzene rings is 1. The Labute approximate surface area is 121 Å². The average molecular weight is 318 g/mol. The molecular formula is C12H16Cl2F3NO. The van der Waals surface area contributed by atoms with Crippen LogP contribution in [0.1, 0.15) is 36.9 Å². The molecule has 0 spiro atoms. The molecule has 0 heterocycles. The summed E-state index contributed by atoms with van der Waals surface area (Å²) in [4.78, 5) is 0. The van der Waals surface area contributed by atoms with Crippen molar-refractivity contribution in [2.75, 3.05) is 0 Å². The lowest BCUT2D eigenvalue weighted by atomic mass is 9.94. The SMILES string of the molecule is CCC[C@H](O)[C@H](N)c1ccc(Cl)cc1C(F)(F)F.Cl. The van der Waals surface area contributed by atoms with Gasteiger partial charge in [0, 0.05) is 5.02 Å². The van der Waals surface area contributed by atoms with Crippen molar-refractivity contribution >= 4 is 24.0 Å². The van der Waals surface area contributed by atoms with Gasteiger partial charge in [0.15, 0.2) is 0 Å². The molecule has 3 N–H and O–H groups in total. The lowest BCUT2D eigenvalue weighted by molar-refractivity contribution is -0.138. The van der Waals surface area contributed by atoms with Gasteiger partial charge in [0.25, 0.3) is 0 Å². The van der Waals surface area contributed by atoms with Crippen LogP contribution in [0.2, 0.25) is 5.02 Å². The Morgan fingerprint density at radius 2 is 1.95 bits per heavy atom. The first kappa shape index (κ1) is 18.5. The molecule has 2 atom stereocenters. The quantitative estimate of drug-likeness (QED) is 0.883. The van der Waals surface area contributed by atoms with E-state index in [-0.39, 0.29) is 23.0 Å². The van der Waals surface area contributed by atoms with Crippen molar-refractivity contribution in [3.63, 3.8) is 0 Å². The fraction of sp³-hybridized carbons (Fsp3) is 0.500. The van der Waals surface area contributed by atoms with Crippen LogP contribution in [-0.2, 0) is 6.18 Å². The predicted molar refractivity (Wildman–Crippen MR) is 71.5 cm³/mol. The average Bonchev–Trinajstić information content (AvgIpc) is 2.27. The van der Waals surface area contributed by atoms with Crippen LogP contribution < -0.4 is 5.73 Å². The molecule has 0 unspecified atom stereocenters. The molecule has 0 fully saturated rings. The van der Waals surface area contributed by atoms with E-state index in [4.69, 9.17) is 17.3 Å². The second-order valence-corrected chi connectivity index (χ2v) is 4.55. The summed E-state index contributed by atoms with van der Waals surface area (Å²) in [6, 6.07) is 2.31. The zero-order valence-electron chi connectivity index (χ0n) is 10.2. The lowest BCUT2D eigenvalue weighted by Gasteiger charge is -2.22. The Bertz CT molecular complexity index is 412. The molecule has 0 aromatic heterocycles. The van der Waals surface area contributed by atoms with Crippen LogP contribution in [0.5, 0.6) is 0 Å². The maximum atomic E-state index is 12.8. The first-order valence-electron chi connectivity index (χ1n) is 5.57. The third-order valence-electron chi connectivity index (χ3n) is 2.68. The minimum absolute atomic E-state index is 0. The highest BCUT2D eigenvalue weighted by Gasteiger charge is 2.36. The highest BCUT2D eigenvalue weighted by Crippen LogP contribution is 2.36. The van der Waals surface area contributed by atoms with E-state index in [1.807, 2.05) is 6.92 Å². The Morgan fingerprint density at radius 3 is 2.42 bits per heavy atom. The van der Waals surface area contributed by atoms with Crippen molar-refractivity contribution < 1.29 is 18.3 Å². The van der Waals surface area contributed by atoms with E-state index in [1.54, 1.807) is 0 Å². The van der Waals surface area contributed by atoms with Crippen molar-refractivity contribution in [1.29, 1.82) is 0 Å². The van der Waals surface area contributed by atoms with Gasteiger partial charge in [-0.25, -0.2) is 0 Å². The van der Waals surface area contributed by atoms with E-state index >= 15 is 0 Å². The first-order valence-corrected chi connectivity index (χ1v) is 5.95. The van der Waals surface area contributed by atoms with Crippen molar-refractivity contribution in [3.8, 4) is 0 Å². The van der Waals surface area contributed by atoms with Crippen molar-refractivity contribution in [3.05, 3.63) is 34.3 Å². The summed E-state index contributed by atoms with van der Waals surface area (Å²) in [7, 11) is 0. The Kier molecular flexibility index (Phi) is 7.15. The van der Waals surface area contributed by atoms with Crippen LogP contribution in [0.15, 0.2) is 18.2 Å². The van der Waals surface area contributed by atoms with Crippen molar-refractivity contribution in [1.82, 2.24) is 0 Å². The molecule has 0 amide bonds. The van der Waals surface area contributed by atoms with E-state index in [0.29, 0.717) is 12.8 Å². The molecule has 0 bridgehead atoms. The molecule has 7 heteroatoms. The van der Waals surface area contributed by atoms with E-state index in [2.05, 4.69) is 0 Å². The predicted octanol–water partition coefficient (Wildman–Crippen LogP) is 3.94. The van der Waals surface area contributed by atoms with Gasteiger partial charge in [0.05, 0.1) is 17.7 Å². The van der Waals surface area contributed by atoms with Gasteiger partial charge in [-0.1, -0.05) is 31.0 Å². The second-order valence-electron chi connectivity index (χ2n) is 4.11. The van der Waals surface area contributed by atoms with Crippen LogP contribution in [0, 0.1) is 0 Å². The molecule has 0 aliphatic heterocycles. The summed E-state index contributed by atoms with van der Waals surface area (Å²) >= 11 is 5.56. The smallest absolute Gasteiger partial charge is 0.391 e. The highest BCUT2D eigenvalue weighted by molar-refractivity contribution is 6.30. The normalized spacial score (nSPS) is 14.7. The standard InChI is InChI=1S/C12H15ClF3NO.ClH/c1-2-3-10(18)11(17)8-5-4-7(13)6-9(8)12(14,15)16;/h4-6,10-11,18H,2-3,17H2,1H3;1H/t10-,11+;/m0./s1. The van der Waals surface area contributed by atoms with Crippen LogP contribution in [0.25, 0.3) is 0 Å². The second kappa shape index (κ2) is 7.33. The van der Waals surface area contributed by atoms with Gasteiger partial charge in [-0.3, -0.25) is 0 Å². The molecule has 0 radical (unpaired) electrons. The Hall–Kier alpha value is -0.490. The molecule has 19 heavy (non-hydrogen) atoms. The topological polar surface area (TPSA) is 46.2 Å². The highest BCUT2D eigenvalue weighted by atomic mass is 35.5. The van der Waals surface area contributed by atoms with Crippen LogP contribution in [0.3, 0.4) is 0 Å². The molecule has 0 saturated heterocycles. The largest absolute Gasteiger partial charge is 0.416 e. The van der Waals surface area contributed by atoms with Crippen LogP contribution in [0.4, 0.5) is 13.2 Å². The van der Waals surface area contributed by atoms with Gasteiger partial charge in [0.1, 0.15) is 0 Å². The molecule has 1 aromatic carbocycles. The van der Waals surface area contributed by atoms with E-state index < -0.39 is 23.9 Å². The van der Waals surface area contributed by atoms with Gasteiger partial charge in [-0.2, -0.15) is 13.2 Å². The molecule has 110 valence electrons. The fourth-order valence-corrected chi connectivity index (χ4v) is 1.92. The third-order valence-corrected chi connectivity index (χ3v) is 2.91. The number of halogens is 5. The maximum Gasteiger partial charge on any atom is 0.416 e. The number of aliphatic hydroxyl groups is 1. The number of alkyl halides is 3. The van der Waals surface area contributed by atoms with Crippen LogP contribution >= 0.6 is 24.0 Å². The van der Waals surface area contributed by atoms with Gasteiger partial charge in [-0.15, -0.1) is 12.4 Å². The Morgan fingerprint density at radius 1 is 1.37 bits per heavy atom. The van der Waals surface area contributed by atoms with Gasteiger partial charge in [0.2, 0.25) is 0 Å². The Balaban J connectivity index is 0.00000324. The van der Waals surface area contributed by atoms with Crippen molar-refractivity contribution in [2.24, 2.45) is 5.73 Å². The van der Waals surface area contributed by atoms with Gasteiger partial charge >= 0.3 is 6.18 Å². The summed E-state index contributed by atoms with van der Waals surface area (Å²) in [6.07, 6.45) is -4.55. The maximum absolute atomic E-state index is 12.8. The zero-order chi connectivity index (χ0) is 13.9. The fourth-order valence-electron chi connectivity index (χ4n) is 1.75. The molecule has 0 aliphatic carbocycles. The monoisotopic (exact) mass is 317 g/mol. The number of rotatable bonds is 4. The van der Waals surface area contributed by atoms with E-state index in [1.165, 1.54) is 12.1 Å². The van der Waals surface area contributed by atoms with E-state index in [0.717, 1.165) is 6.07 Å². The summed E-state index contributed by atoms with van der Waals surface area (Å²) < 4.78 is 38.5. The minimum Gasteiger partial charge on any atom is -0.391 e. The summed E-state index contributed by atoms with van der Waals surface area (Å²) in [6.45, 7) is 1.82. The lowest BCUT2D eigenvalue weighted by Crippen LogP contribution is -2.28. The zero-order valence-corrected chi connectivity index (χ0v) is 11.8. The molecule has 1 aromatic rings. The van der Waals surface area contributed by atoms with Crippen LogP contribution in [-0.4, -0.2) is 11.2 Å². The first-order chi connectivity index (χ1) is 8.27. The van der Waals surface area contributed by atoms with Gasteiger partial charge < -0.3 is 10.8 Å².